The van der Waals surface area contributed by atoms with E-state index >= 15 is 0 Å². The van der Waals surface area contributed by atoms with Crippen LogP contribution < -0.4 is 0 Å². The molecular weight excluding hydrogens is 126 g/mol. The lowest BCUT2D eigenvalue weighted by Gasteiger charge is -2.26. The van der Waals surface area contributed by atoms with E-state index < -0.39 is 0 Å². The average Bonchev–Trinajstić information content (AvgIpc) is 2.10. The number of hydrogen-bond acceptors (Lipinski definition) is 1. The third kappa shape index (κ3) is 1.18. The maximum atomic E-state index is 11.4. The Morgan fingerprint density at radius 1 is 1.60 bits per heavy atom. The van der Waals surface area contributed by atoms with E-state index in [0.717, 1.165) is 19.3 Å². The van der Waals surface area contributed by atoms with Gasteiger partial charge < -0.3 is 0 Å². The number of rotatable bonds is 1. The smallest absolute Gasteiger partial charge is 0.0441 e. The lowest BCUT2D eigenvalue weighted by atomic mass is 10.0. The van der Waals surface area contributed by atoms with Crippen molar-refractivity contribution >= 4 is 0 Å². The van der Waals surface area contributed by atoms with Gasteiger partial charge in [0.1, 0.15) is 0 Å². The van der Waals surface area contributed by atoms with E-state index in [1.807, 2.05) is 13.8 Å². The van der Waals surface area contributed by atoms with E-state index in [2.05, 4.69) is 6.92 Å². The van der Waals surface area contributed by atoms with Gasteiger partial charge in [-0.3, -0.25) is 0 Å². The minimum atomic E-state index is -0.0966. The van der Waals surface area contributed by atoms with Gasteiger partial charge in [0, 0.05) is 11.6 Å². The highest BCUT2D eigenvalue weighted by molar-refractivity contribution is 4.88. The van der Waals surface area contributed by atoms with Crippen molar-refractivity contribution in [3.63, 3.8) is 0 Å². The van der Waals surface area contributed by atoms with Gasteiger partial charge in [-0.25, -0.2) is 0 Å². The summed E-state index contributed by atoms with van der Waals surface area (Å²) in [4.78, 5) is 0. The summed E-state index contributed by atoms with van der Waals surface area (Å²) in [6, 6.07) is 0.287. The van der Waals surface area contributed by atoms with E-state index in [1.54, 1.807) is 0 Å². The molecular formula is C8H16NO. The first-order valence-corrected chi connectivity index (χ1v) is 4.04. The van der Waals surface area contributed by atoms with Crippen molar-refractivity contribution in [2.75, 3.05) is 0 Å². The van der Waals surface area contributed by atoms with Crippen LogP contribution in [0.1, 0.15) is 40.0 Å². The Balaban J connectivity index is 2.58. The van der Waals surface area contributed by atoms with Gasteiger partial charge in [-0.05, 0) is 33.1 Å². The number of hydroxylamine groups is 2. The summed E-state index contributed by atoms with van der Waals surface area (Å²) >= 11 is 0. The molecule has 0 aromatic carbocycles. The van der Waals surface area contributed by atoms with Gasteiger partial charge in [0.25, 0.3) is 0 Å². The van der Waals surface area contributed by atoms with Crippen LogP contribution in [0.25, 0.3) is 0 Å². The fourth-order valence-electron chi connectivity index (χ4n) is 1.61. The van der Waals surface area contributed by atoms with Crippen molar-refractivity contribution in [1.29, 1.82) is 0 Å². The summed E-state index contributed by atoms with van der Waals surface area (Å²) < 4.78 is 0. The quantitative estimate of drug-likeness (QED) is 0.549. The van der Waals surface area contributed by atoms with E-state index in [1.165, 1.54) is 5.06 Å². The molecule has 2 nitrogen and oxygen atoms in total. The summed E-state index contributed by atoms with van der Waals surface area (Å²) in [7, 11) is 0. The normalized spacial score (nSPS) is 33.0. The molecule has 1 fully saturated rings. The molecule has 0 amide bonds. The van der Waals surface area contributed by atoms with Crippen molar-refractivity contribution in [3.05, 3.63) is 0 Å². The molecule has 10 heavy (non-hydrogen) atoms. The monoisotopic (exact) mass is 142 g/mol. The molecule has 0 spiro atoms. The molecule has 1 atom stereocenters. The fraction of sp³-hybridized carbons (Fsp3) is 1.00. The predicted octanol–water partition coefficient (Wildman–Crippen LogP) is 1.98. The van der Waals surface area contributed by atoms with Crippen LogP contribution in [0.3, 0.4) is 0 Å². The Labute approximate surface area is 62.8 Å². The first kappa shape index (κ1) is 8.02. The molecule has 1 aliphatic rings. The lowest BCUT2D eigenvalue weighted by molar-refractivity contribution is -0.220. The maximum absolute atomic E-state index is 11.4. The molecule has 0 aliphatic carbocycles. The van der Waals surface area contributed by atoms with Gasteiger partial charge in [-0.15, -0.1) is 10.3 Å². The highest BCUT2D eigenvalue weighted by Gasteiger charge is 2.38. The maximum Gasteiger partial charge on any atom is 0.0441 e. The van der Waals surface area contributed by atoms with Crippen LogP contribution in [-0.4, -0.2) is 16.6 Å². The zero-order valence-corrected chi connectivity index (χ0v) is 7.05. The fourth-order valence-corrected chi connectivity index (χ4v) is 1.61. The van der Waals surface area contributed by atoms with Crippen LogP contribution in [0.2, 0.25) is 0 Å². The first-order valence-electron chi connectivity index (χ1n) is 4.04. The Hall–Kier alpha value is -0.0800. The Morgan fingerprint density at radius 3 is 2.40 bits per heavy atom. The summed E-state index contributed by atoms with van der Waals surface area (Å²) in [5, 5.41) is 12.6. The summed E-state index contributed by atoms with van der Waals surface area (Å²) in [5.41, 5.74) is -0.0966. The summed E-state index contributed by atoms with van der Waals surface area (Å²) in [5.74, 6) is 0. The topological polar surface area (TPSA) is 23.1 Å². The van der Waals surface area contributed by atoms with Crippen LogP contribution in [0.15, 0.2) is 0 Å². The molecule has 1 saturated heterocycles. The van der Waals surface area contributed by atoms with Gasteiger partial charge >= 0.3 is 0 Å². The molecule has 1 aliphatic heterocycles. The van der Waals surface area contributed by atoms with Gasteiger partial charge in [0.05, 0.1) is 0 Å². The average molecular weight is 142 g/mol. The number of hydrogen-bond donors (Lipinski definition) is 0. The molecule has 1 heterocycles. The molecule has 0 N–H and O–H groups in total. The van der Waals surface area contributed by atoms with E-state index in [4.69, 9.17) is 0 Å². The highest BCUT2D eigenvalue weighted by atomic mass is 16.5. The van der Waals surface area contributed by atoms with Crippen molar-refractivity contribution in [3.8, 4) is 0 Å². The lowest BCUT2D eigenvalue weighted by Crippen LogP contribution is -2.38. The Kier molecular flexibility index (Phi) is 2.02. The van der Waals surface area contributed by atoms with E-state index in [9.17, 15) is 5.21 Å². The van der Waals surface area contributed by atoms with Crippen molar-refractivity contribution in [2.24, 2.45) is 0 Å². The second-order valence-electron chi connectivity index (χ2n) is 3.74. The van der Waals surface area contributed by atoms with Crippen molar-refractivity contribution in [2.45, 2.75) is 51.6 Å². The molecule has 0 saturated carbocycles. The predicted molar refractivity (Wildman–Crippen MR) is 39.9 cm³/mol. The second-order valence-corrected chi connectivity index (χ2v) is 3.74. The minimum Gasteiger partial charge on any atom is -0.146 e. The number of nitrogens with zero attached hydrogens (tertiary/aromatic N) is 1. The molecule has 1 radical (unpaired) electrons. The second kappa shape index (κ2) is 2.51. The summed E-state index contributed by atoms with van der Waals surface area (Å²) in [6.45, 7) is 6.13. The molecule has 1 rings (SSSR count). The third-order valence-corrected chi connectivity index (χ3v) is 2.49. The first-order chi connectivity index (χ1) is 4.58. The zero-order valence-electron chi connectivity index (χ0n) is 7.05. The van der Waals surface area contributed by atoms with Crippen LogP contribution in [0.5, 0.6) is 0 Å². The molecule has 2 heteroatoms. The van der Waals surface area contributed by atoms with Crippen LogP contribution in [0.4, 0.5) is 0 Å². The molecule has 0 bridgehead atoms. The van der Waals surface area contributed by atoms with Crippen molar-refractivity contribution < 1.29 is 5.21 Å². The highest BCUT2D eigenvalue weighted by Crippen LogP contribution is 2.32. The Bertz CT molecular complexity index is 122. The SMILES string of the molecule is CCC1CCC(C)(C)N1[O]. The van der Waals surface area contributed by atoms with Crippen molar-refractivity contribution in [1.82, 2.24) is 5.06 Å². The molecule has 1 unspecified atom stereocenters. The van der Waals surface area contributed by atoms with Gasteiger partial charge in [-0.2, -0.15) is 0 Å². The third-order valence-electron chi connectivity index (χ3n) is 2.49. The minimum absolute atomic E-state index is 0.0966. The van der Waals surface area contributed by atoms with Gasteiger partial charge in [0.15, 0.2) is 0 Å². The molecule has 0 aromatic rings. The molecule has 0 aromatic heterocycles. The standard InChI is InChI=1S/C8H16NO/c1-4-7-5-6-8(2,3)9(7)10/h7H,4-6H2,1-3H3. The van der Waals surface area contributed by atoms with Gasteiger partial charge in [-0.1, -0.05) is 6.92 Å². The Morgan fingerprint density at radius 2 is 2.20 bits per heavy atom. The van der Waals surface area contributed by atoms with Crippen LogP contribution in [0, 0.1) is 0 Å². The summed E-state index contributed by atoms with van der Waals surface area (Å²) in [6.07, 6.45) is 3.12. The van der Waals surface area contributed by atoms with Gasteiger partial charge in [0.2, 0.25) is 0 Å². The van der Waals surface area contributed by atoms with Crippen LogP contribution >= 0.6 is 0 Å². The van der Waals surface area contributed by atoms with Crippen LogP contribution in [-0.2, 0) is 5.21 Å². The zero-order chi connectivity index (χ0) is 7.78. The largest absolute Gasteiger partial charge is 0.146 e. The van der Waals surface area contributed by atoms with E-state index in [-0.39, 0.29) is 11.6 Å². The molecule has 59 valence electrons. The van der Waals surface area contributed by atoms with E-state index in [0.29, 0.717) is 0 Å².